The zero-order valence-electron chi connectivity index (χ0n) is 15.0. The molecule has 0 fully saturated rings. The third-order valence-corrected chi connectivity index (χ3v) is 6.71. The Morgan fingerprint density at radius 3 is 2.64 bits per heavy atom. The van der Waals surface area contributed by atoms with Crippen LogP contribution in [-0.4, -0.2) is 14.7 Å². The highest BCUT2D eigenvalue weighted by Crippen LogP contribution is 2.41. The third-order valence-electron chi connectivity index (χ3n) is 4.55. The van der Waals surface area contributed by atoms with Crippen LogP contribution >= 0.6 is 34.5 Å². The molecule has 1 aromatic heterocycles. The Bertz CT molecular complexity index is 1200. The van der Waals surface area contributed by atoms with Gasteiger partial charge >= 0.3 is 0 Å². The molecule has 0 atom stereocenters. The summed E-state index contributed by atoms with van der Waals surface area (Å²) in [4.78, 5) is 1.24. The van der Waals surface area contributed by atoms with Crippen molar-refractivity contribution in [3.8, 4) is 0 Å². The Kier molecular flexibility index (Phi) is 5.27. The van der Waals surface area contributed by atoms with Crippen LogP contribution in [0, 0.1) is 0 Å². The summed E-state index contributed by atoms with van der Waals surface area (Å²) in [6.45, 7) is 0. The van der Waals surface area contributed by atoms with Gasteiger partial charge in [0.15, 0.2) is 0 Å². The van der Waals surface area contributed by atoms with Gasteiger partial charge in [0.05, 0.1) is 10.6 Å². The second kappa shape index (κ2) is 7.56. The van der Waals surface area contributed by atoms with E-state index in [2.05, 4.69) is 10.8 Å². The summed E-state index contributed by atoms with van der Waals surface area (Å²) in [5.41, 5.74) is 5.95. The Morgan fingerprint density at radius 1 is 1.04 bits per heavy atom. The Balaban J connectivity index is 1.87. The first-order valence-corrected chi connectivity index (χ1v) is 12.1. The monoisotopic (exact) mass is 449 g/mol. The number of sulfonamides is 1. The fourth-order valence-electron chi connectivity index (χ4n) is 3.46. The topological polar surface area (TPSA) is 46.2 Å². The number of hydrogen-bond donors (Lipinski definition) is 1. The Labute approximate surface area is 178 Å². The smallest absolute Gasteiger partial charge is 0.229 e. The summed E-state index contributed by atoms with van der Waals surface area (Å²) in [6.07, 6.45) is 5.02. The summed E-state index contributed by atoms with van der Waals surface area (Å²) in [5, 5.41) is 0.723. The molecule has 0 amide bonds. The van der Waals surface area contributed by atoms with Crippen LogP contribution in [0.2, 0.25) is 9.36 Å². The van der Waals surface area contributed by atoms with Crippen molar-refractivity contribution in [1.29, 1.82) is 0 Å². The quantitative estimate of drug-likeness (QED) is 0.523. The average Bonchev–Trinajstić information content (AvgIpc) is 2.92. The summed E-state index contributed by atoms with van der Waals surface area (Å²) in [5.74, 6) is 0. The number of benzene rings is 2. The number of thiophene rings is 1. The SMILES string of the molecule is CS(=O)(=O)Nc1cccc(C=C2c3ccc(Cl)cc3CCc3sc(Cl)cc32)c1. The highest BCUT2D eigenvalue weighted by Gasteiger charge is 2.21. The van der Waals surface area contributed by atoms with Crippen molar-refractivity contribution in [3.05, 3.63) is 85.0 Å². The van der Waals surface area contributed by atoms with Gasteiger partial charge in [-0.15, -0.1) is 11.3 Å². The molecule has 3 aromatic rings. The maximum absolute atomic E-state index is 11.6. The normalized spacial score (nSPS) is 15.0. The van der Waals surface area contributed by atoms with Gasteiger partial charge in [-0.05, 0) is 77.1 Å². The largest absolute Gasteiger partial charge is 0.284 e. The summed E-state index contributed by atoms with van der Waals surface area (Å²) in [6, 6.07) is 15.3. The van der Waals surface area contributed by atoms with E-state index in [1.54, 1.807) is 17.4 Å². The minimum atomic E-state index is -3.33. The number of fused-ring (bicyclic) bond motifs is 2. The van der Waals surface area contributed by atoms with Gasteiger partial charge < -0.3 is 0 Å². The minimum absolute atomic E-state index is 0.533. The second-order valence-corrected chi connectivity index (χ2v) is 10.7. The highest BCUT2D eigenvalue weighted by atomic mass is 35.5. The lowest BCUT2D eigenvalue weighted by Crippen LogP contribution is -2.09. The van der Waals surface area contributed by atoms with E-state index in [1.807, 2.05) is 42.5 Å². The molecule has 0 spiro atoms. The van der Waals surface area contributed by atoms with Crippen molar-refractivity contribution in [1.82, 2.24) is 0 Å². The van der Waals surface area contributed by atoms with E-state index in [1.165, 1.54) is 10.4 Å². The standard InChI is InChI=1S/C21H17Cl2NO2S2/c1-28(25,26)24-16-4-2-3-13(9-16)10-18-17-7-6-15(22)11-14(17)5-8-20-19(18)12-21(23)27-20/h2-4,6-7,9-12,24H,5,8H2,1H3. The molecule has 1 heterocycles. The Hall–Kier alpha value is -1.79. The maximum Gasteiger partial charge on any atom is 0.229 e. The molecule has 0 radical (unpaired) electrons. The van der Waals surface area contributed by atoms with Gasteiger partial charge in [0.2, 0.25) is 10.0 Å². The second-order valence-electron chi connectivity index (χ2n) is 6.75. The van der Waals surface area contributed by atoms with E-state index in [-0.39, 0.29) is 0 Å². The van der Waals surface area contributed by atoms with Crippen LogP contribution < -0.4 is 4.72 Å². The fraction of sp³-hybridized carbons (Fsp3) is 0.143. The molecule has 7 heteroatoms. The van der Waals surface area contributed by atoms with Crippen LogP contribution in [0.4, 0.5) is 5.69 Å². The lowest BCUT2D eigenvalue weighted by atomic mass is 9.94. The lowest BCUT2D eigenvalue weighted by molar-refractivity contribution is 0.607. The van der Waals surface area contributed by atoms with Crippen molar-refractivity contribution < 1.29 is 8.42 Å². The fourth-order valence-corrected chi connectivity index (χ4v) is 5.50. The molecule has 1 N–H and O–H groups in total. The van der Waals surface area contributed by atoms with E-state index in [0.29, 0.717) is 5.69 Å². The summed E-state index contributed by atoms with van der Waals surface area (Å²) < 4.78 is 26.4. The number of hydrogen-bond acceptors (Lipinski definition) is 3. The molecule has 0 unspecified atom stereocenters. The van der Waals surface area contributed by atoms with Crippen LogP contribution in [0.3, 0.4) is 0 Å². The van der Waals surface area contributed by atoms with Crippen LogP contribution in [0.15, 0.2) is 48.5 Å². The predicted octanol–water partition coefficient (Wildman–Crippen LogP) is 6.11. The molecule has 144 valence electrons. The lowest BCUT2D eigenvalue weighted by Gasteiger charge is -2.11. The summed E-state index contributed by atoms with van der Waals surface area (Å²) in [7, 11) is -3.33. The molecule has 1 aliphatic rings. The zero-order valence-corrected chi connectivity index (χ0v) is 18.1. The van der Waals surface area contributed by atoms with Crippen molar-refractivity contribution in [2.75, 3.05) is 11.0 Å². The molecule has 28 heavy (non-hydrogen) atoms. The molecule has 1 aliphatic carbocycles. The predicted molar refractivity (Wildman–Crippen MR) is 120 cm³/mol. The van der Waals surface area contributed by atoms with Crippen molar-refractivity contribution in [2.45, 2.75) is 12.8 Å². The number of nitrogens with one attached hydrogen (secondary N) is 1. The summed E-state index contributed by atoms with van der Waals surface area (Å²) >= 11 is 14.1. The van der Waals surface area contributed by atoms with E-state index in [0.717, 1.165) is 50.7 Å². The molecule has 0 bridgehead atoms. The van der Waals surface area contributed by atoms with Crippen LogP contribution in [-0.2, 0) is 22.9 Å². The molecule has 0 saturated heterocycles. The molecule has 4 rings (SSSR count). The van der Waals surface area contributed by atoms with Gasteiger partial charge in [-0.1, -0.05) is 41.4 Å². The van der Waals surface area contributed by atoms with E-state index in [4.69, 9.17) is 23.2 Å². The average molecular weight is 450 g/mol. The molecular weight excluding hydrogens is 433 g/mol. The molecule has 0 aliphatic heterocycles. The van der Waals surface area contributed by atoms with E-state index < -0.39 is 10.0 Å². The van der Waals surface area contributed by atoms with Crippen molar-refractivity contribution in [2.24, 2.45) is 0 Å². The van der Waals surface area contributed by atoms with Crippen LogP contribution in [0.1, 0.15) is 27.1 Å². The first-order valence-electron chi connectivity index (χ1n) is 8.65. The van der Waals surface area contributed by atoms with E-state index >= 15 is 0 Å². The third kappa shape index (κ3) is 4.28. The van der Waals surface area contributed by atoms with Gasteiger partial charge in [-0.3, -0.25) is 4.72 Å². The number of aryl methyl sites for hydroxylation is 2. The zero-order chi connectivity index (χ0) is 19.9. The molecule has 2 aromatic carbocycles. The van der Waals surface area contributed by atoms with Gasteiger partial charge in [0.1, 0.15) is 0 Å². The highest BCUT2D eigenvalue weighted by molar-refractivity contribution is 7.92. The molecule has 0 saturated carbocycles. The van der Waals surface area contributed by atoms with Crippen LogP contribution in [0.5, 0.6) is 0 Å². The van der Waals surface area contributed by atoms with Gasteiger partial charge in [0, 0.05) is 15.6 Å². The van der Waals surface area contributed by atoms with Crippen LogP contribution in [0.25, 0.3) is 11.6 Å². The molecule has 3 nitrogen and oxygen atoms in total. The van der Waals surface area contributed by atoms with Gasteiger partial charge in [0.25, 0.3) is 0 Å². The maximum atomic E-state index is 11.6. The number of rotatable bonds is 3. The van der Waals surface area contributed by atoms with Gasteiger partial charge in [-0.25, -0.2) is 8.42 Å². The van der Waals surface area contributed by atoms with Crippen molar-refractivity contribution >= 4 is 61.9 Å². The Morgan fingerprint density at radius 2 is 1.86 bits per heavy atom. The van der Waals surface area contributed by atoms with Crippen molar-refractivity contribution in [3.63, 3.8) is 0 Å². The first-order chi connectivity index (χ1) is 13.3. The van der Waals surface area contributed by atoms with E-state index in [9.17, 15) is 8.42 Å². The minimum Gasteiger partial charge on any atom is -0.284 e. The number of anilines is 1. The molecular formula is C21H17Cl2NO2S2. The number of halogens is 2. The van der Waals surface area contributed by atoms with Gasteiger partial charge in [-0.2, -0.15) is 0 Å². The first kappa shape index (κ1) is 19.5.